The zero-order valence-corrected chi connectivity index (χ0v) is 31.3. The monoisotopic (exact) mass is 650 g/mol. The molecule has 0 atom stereocenters. The minimum absolute atomic E-state index is 0.190. The molecule has 0 aliphatic heterocycles. The molecule has 0 fully saturated rings. The van der Waals surface area contributed by atoms with Crippen LogP contribution in [0.5, 0.6) is 23.0 Å². The van der Waals surface area contributed by atoms with E-state index in [0.29, 0.717) is 5.75 Å². The summed E-state index contributed by atoms with van der Waals surface area (Å²) in [6, 6.07) is 24.0. The Hall–Kier alpha value is -3.92. The third kappa shape index (κ3) is 7.53. The lowest BCUT2D eigenvalue weighted by Crippen LogP contribution is -2.31. The molecule has 0 radical (unpaired) electrons. The number of hydrogen-bond donors (Lipinski definition) is 4. The van der Waals surface area contributed by atoms with Gasteiger partial charge in [0.25, 0.3) is 0 Å². The summed E-state index contributed by atoms with van der Waals surface area (Å²) in [5.41, 5.74) is 6.01. The number of hydrogen-bond acceptors (Lipinski definition) is 4. The van der Waals surface area contributed by atoms with Crippen LogP contribution in [0.4, 0.5) is 0 Å². The van der Waals surface area contributed by atoms with Gasteiger partial charge >= 0.3 is 0 Å². The van der Waals surface area contributed by atoms with Gasteiger partial charge < -0.3 is 20.4 Å². The van der Waals surface area contributed by atoms with E-state index in [4.69, 9.17) is 0 Å². The van der Waals surface area contributed by atoms with Crippen molar-refractivity contribution in [1.29, 1.82) is 0 Å². The molecule has 258 valence electrons. The van der Waals surface area contributed by atoms with Crippen molar-refractivity contribution in [2.75, 3.05) is 0 Å². The van der Waals surface area contributed by atoms with Gasteiger partial charge in [-0.3, -0.25) is 0 Å². The van der Waals surface area contributed by atoms with Gasteiger partial charge in [0.05, 0.1) is 0 Å². The molecule has 0 aliphatic rings. The molecule has 4 rings (SSSR count). The Bertz CT molecular complexity index is 1610. The number of benzene rings is 4. The maximum atomic E-state index is 11.1. The first kappa shape index (κ1) is 36.9. The molecule has 0 aliphatic carbocycles. The molecule has 0 saturated heterocycles. The van der Waals surface area contributed by atoms with Crippen molar-refractivity contribution >= 4 is 0 Å². The predicted molar refractivity (Wildman–Crippen MR) is 200 cm³/mol. The maximum absolute atomic E-state index is 11.1. The van der Waals surface area contributed by atoms with E-state index in [2.05, 4.69) is 107 Å². The Morgan fingerprint density at radius 2 is 0.688 bits per heavy atom. The predicted octanol–water partition coefficient (Wildman–Crippen LogP) is 11.1. The van der Waals surface area contributed by atoms with Crippen molar-refractivity contribution in [3.8, 4) is 23.0 Å². The third-order valence-electron chi connectivity index (χ3n) is 9.78. The van der Waals surface area contributed by atoms with Crippen LogP contribution in [0, 0.1) is 0 Å². The molecule has 0 saturated carbocycles. The summed E-state index contributed by atoms with van der Waals surface area (Å²) in [7, 11) is 0. The SMILES string of the molecule is CC(C)(C)c1cc(CCCC(c2ccc(O)c(C(C)(C)C)c2)(c2ccc(O)c(C(C)(C)C)c2)c2ccc(O)c(C(C)(C)C)c2)ccc1O. The highest BCUT2D eigenvalue weighted by molar-refractivity contribution is 5.58. The van der Waals surface area contributed by atoms with Gasteiger partial charge in [-0.1, -0.05) is 132 Å². The molecule has 0 unspecified atom stereocenters. The lowest BCUT2D eigenvalue weighted by molar-refractivity contribution is 0.439. The van der Waals surface area contributed by atoms with Crippen molar-refractivity contribution in [3.05, 3.63) is 117 Å². The Morgan fingerprint density at radius 1 is 0.396 bits per heavy atom. The average Bonchev–Trinajstić information content (AvgIpc) is 2.95. The second-order valence-corrected chi connectivity index (χ2v) is 17.8. The van der Waals surface area contributed by atoms with E-state index in [1.165, 1.54) is 0 Å². The van der Waals surface area contributed by atoms with Crippen LogP contribution in [0.25, 0.3) is 0 Å². The number of phenolic OH excluding ortho intramolecular Hbond substituents is 4. The minimum Gasteiger partial charge on any atom is -0.508 e. The fourth-order valence-corrected chi connectivity index (χ4v) is 7.04. The molecule has 4 nitrogen and oxygen atoms in total. The minimum atomic E-state index is -0.696. The highest BCUT2D eigenvalue weighted by Gasteiger charge is 2.39. The van der Waals surface area contributed by atoms with Gasteiger partial charge in [-0.05, 0) is 110 Å². The summed E-state index contributed by atoms with van der Waals surface area (Å²) >= 11 is 0. The molecule has 0 heterocycles. The topological polar surface area (TPSA) is 80.9 Å². The first-order chi connectivity index (χ1) is 22.0. The summed E-state index contributed by atoms with van der Waals surface area (Å²) in [4.78, 5) is 0. The van der Waals surface area contributed by atoms with Crippen LogP contribution in [0.15, 0.2) is 72.8 Å². The molecule has 0 bridgehead atoms. The molecule has 4 N–H and O–H groups in total. The zero-order chi connectivity index (χ0) is 36.0. The molecule has 48 heavy (non-hydrogen) atoms. The van der Waals surface area contributed by atoms with Gasteiger partial charge in [0.2, 0.25) is 0 Å². The first-order valence-corrected chi connectivity index (χ1v) is 17.3. The van der Waals surface area contributed by atoms with E-state index >= 15 is 0 Å². The maximum Gasteiger partial charge on any atom is 0.119 e. The van der Waals surface area contributed by atoms with Crippen molar-refractivity contribution in [2.45, 2.75) is 129 Å². The van der Waals surface area contributed by atoms with Crippen LogP contribution in [0.1, 0.15) is 140 Å². The van der Waals surface area contributed by atoms with Crippen molar-refractivity contribution in [1.82, 2.24) is 0 Å². The summed E-state index contributed by atoms with van der Waals surface area (Å²) in [5.74, 6) is 1.11. The van der Waals surface area contributed by atoms with Crippen LogP contribution >= 0.6 is 0 Å². The lowest BCUT2D eigenvalue weighted by Gasteiger charge is -2.39. The van der Waals surface area contributed by atoms with E-state index < -0.39 is 5.41 Å². The normalized spacial score (nSPS) is 13.2. The largest absolute Gasteiger partial charge is 0.508 e. The Balaban J connectivity index is 2.06. The van der Waals surface area contributed by atoms with Gasteiger partial charge in [0.15, 0.2) is 0 Å². The fourth-order valence-electron chi connectivity index (χ4n) is 7.04. The number of phenols is 4. The van der Waals surface area contributed by atoms with Crippen LogP contribution in [-0.4, -0.2) is 20.4 Å². The zero-order valence-electron chi connectivity index (χ0n) is 31.3. The van der Waals surface area contributed by atoms with Crippen LogP contribution in [0.3, 0.4) is 0 Å². The van der Waals surface area contributed by atoms with Gasteiger partial charge in [0, 0.05) is 5.41 Å². The highest BCUT2D eigenvalue weighted by atomic mass is 16.3. The Kier molecular flexibility index (Phi) is 9.87. The van der Waals surface area contributed by atoms with Crippen LogP contribution in [-0.2, 0) is 33.5 Å². The van der Waals surface area contributed by atoms with E-state index in [1.807, 2.05) is 48.5 Å². The summed E-state index contributed by atoms with van der Waals surface area (Å²) in [6.45, 7) is 25.4. The van der Waals surface area contributed by atoms with Crippen molar-refractivity contribution in [2.24, 2.45) is 0 Å². The number of rotatable bonds is 7. The molecule has 4 aromatic carbocycles. The Morgan fingerprint density at radius 3 is 1.00 bits per heavy atom. The van der Waals surface area contributed by atoms with Crippen LogP contribution < -0.4 is 0 Å². The average molecular weight is 651 g/mol. The summed E-state index contributed by atoms with van der Waals surface area (Å²) in [5, 5.41) is 44.0. The quantitative estimate of drug-likeness (QED) is 0.150. The van der Waals surface area contributed by atoms with E-state index in [9.17, 15) is 20.4 Å². The molecule has 0 amide bonds. The molecular formula is C44H58O4. The van der Waals surface area contributed by atoms with Gasteiger partial charge in [-0.15, -0.1) is 0 Å². The van der Waals surface area contributed by atoms with E-state index in [-0.39, 0.29) is 38.9 Å². The van der Waals surface area contributed by atoms with Crippen LogP contribution in [0.2, 0.25) is 0 Å². The van der Waals surface area contributed by atoms with E-state index in [0.717, 1.165) is 63.8 Å². The first-order valence-electron chi connectivity index (χ1n) is 17.3. The smallest absolute Gasteiger partial charge is 0.119 e. The molecule has 4 heteroatoms. The molecule has 4 aromatic rings. The standard InChI is InChI=1S/C44H58O4/c1-40(2,3)32-24-28(15-19-36(32)45)14-13-23-44(29-16-20-37(46)33(25-29)41(4,5)6,30-17-21-38(47)34(26-30)42(7,8)9)31-18-22-39(48)35(27-31)43(10,11)12/h15-22,24-27,45-48H,13-14,23H2,1-12H3. The lowest BCUT2D eigenvalue weighted by atomic mass is 9.64. The van der Waals surface area contributed by atoms with E-state index in [1.54, 1.807) is 0 Å². The summed E-state index contributed by atoms with van der Waals surface area (Å²) in [6.07, 6.45) is 2.33. The Labute approximate surface area is 289 Å². The molecular weight excluding hydrogens is 592 g/mol. The molecule has 0 spiro atoms. The van der Waals surface area contributed by atoms with Crippen molar-refractivity contribution in [3.63, 3.8) is 0 Å². The second-order valence-electron chi connectivity index (χ2n) is 17.8. The van der Waals surface area contributed by atoms with Gasteiger partial charge in [-0.25, -0.2) is 0 Å². The van der Waals surface area contributed by atoms with Gasteiger partial charge in [-0.2, -0.15) is 0 Å². The third-order valence-corrected chi connectivity index (χ3v) is 9.78. The molecule has 0 aromatic heterocycles. The number of aromatic hydroxyl groups is 4. The van der Waals surface area contributed by atoms with Crippen molar-refractivity contribution < 1.29 is 20.4 Å². The number of aryl methyl sites for hydroxylation is 1. The highest BCUT2D eigenvalue weighted by Crippen LogP contribution is 2.49. The second kappa shape index (κ2) is 12.8. The summed E-state index contributed by atoms with van der Waals surface area (Å²) < 4.78 is 0. The fraction of sp³-hybridized carbons (Fsp3) is 0.455. The van der Waals surface area contributed by atoms with Gasteiger partial charge in [0.1, 0.15) is 23.0 Å².